The number of carbonyl (C=O) groups is 2. The Morgan fingerprint density at radius 2 is 1.86 bits per heavy atom. The number of amides is 2. The third kappa shape index (κ3) is 6.68. The van der Waals surface area contributed by atoms with Gasteiger partial charge < -0.3 is 15.4 Å². The average Bonchev–Trinajstić information content (AvgIpc) is 3.31. The molecule has 0 radical (unpaired) electrons. The molecule has 0 aliphatic rings. The van der Waals surface area contributed by atoms with Gasteiger partial charge in [-0.15, -0.1) is 10.2 Å². The number of para-hydroxylation sites is 2. The SMILES string of the molecule is COc1ccccc1-n1c(CNC(=O)c2cc(Br)ccc2Cl)nnc1SCC(=O)Nc1ccc(F)cc1. The molecule has 0 bridgehead atoms. The third-order valence-electron chi connectivity index (χ3n) is 5.07. The van der Waals surface area contributed by atoms with Crippen LogP contribution in [0.4, 0.5) is 10.1 Å². The number of ether oxygens (including phenoxy) is 1. The molecule has 1 aromatic heterocycles. The van der Waals surface area contributed by atoms with E-state index in [0.717, 1.165) is 16.2 Å². The molecule has 3 aromatic carbocycles. The Balaban J connectivity index is 1.55. The molecule has 0 saturated carbocycles. The molecule has 190 valence electrons. The summed E-state index contributed by atoms with van der Waals surface area (Å²) >= 11 is 10.7. The Morgan fingerprint density at radius 1 is 1.11 bits per heavy atom. The number of carbonyl (C=O) groups excluding carboxylic acids is 2. The predicted molar refractivity (Wildman–Crippen MR) is 144 cm³/mol. The molecule has 2 N–H and O–H groups in total. The number of methoxy groups -OCH3 is 1. The molecule has 0 aliphatic carbocycles. The van der Waals surface area contributed by atoms with Crippen LogP contribution in [0.3, 0.4) is 0 Å². The number of aromatic nitrogens is 3. The van der Waals surface area contributed by atoms with E-state index >= 15 is 0 Å². The van der Waals surface area contributed by atoms with Crippen molar-refractivity contribution >= 4 is 56.8 Å². The number of nitrogens with zero attached hydrogens (tertiary/aromatic N) is 3. The summed E-state index contributed by atoms with van der Waals surface area (Å²) < 4.78 is 21.1. The van der Waals surface area contributed by atoms with Crippen LogP contribution in [-0.4, -0.2) is 39.4 Å². The normalized spacial score (nSPS) is 10.7. The summed E-state index contributed by atoms with van der Waals surface area (Å²) in [4.78, 5) is 25.3. The number of nitrogens with one attached hydrogen (secondary N) is 2. The molecule has 4 aromatic rings. The Bertz CT molecular complexity index is 1430. The van der Waals surface area contributed by atoms with Gasteiger partial charge in [0, 0.05) is 10.2 Å². The molecule has 8 nitrogen and oxygen atoms in total. The fraction of sp³-hybridized carbons (Fsp3) is 0.120. The van der Waals surface area contributed by atoms with Gasteiger partial charge in [0.05, 0.1) is 35.7 Å². The zero-order valence-corrected chi connectivity index (χ0v) is 22.5. The van der Waals surface area contributed by atoms with Crippen molar-refractivity contribution in [3.8, 4) is 11.4 Å². The maximum Gasteiger partial charge on any atom is 0.253 e. The van der Waals surface area contributed by atoms with Crippen molar-refractivity contribution in [1.29, 1.82) is 0 Å². The minimum Gasteiger partial charge on any atom is -0.495 e. The zero-order valence-electron chi connectivity index (χ0n) is 19.4. The van der Waals surface area contributed by atoms with Gasteiger partial charge in [0.1, 0.15) is 11.6 Å². The van der Waals surface area contributed by atoms with Crippen molar-refractivity contribution in [2.24, 2.45) is 0 Å². The van der Waals surface area contributed by atoms with Crippen LogP contribution in [0.15, 0.2) is 76.4 Å². The van der Waals surface area contributed by atoms with Crippen molar-refractivity contribution in [2.75, 3.05) is 18.2 Å². The molecule has 37 heavy (non-hydrogen) atoms. The highest BCUT2D eigenvalue weighted by Gasteiger charge is 2.20. The fourth-order valence-corrected chi connectivity index (χ4v) is 4.68. The second kappa shape index (κ2) is 12.2. The first-order valence-corrected chi connectivity index (χ1v) is 13.0. The first kappa shape index (κ1) is 26.6. The predicted octanol–water partition coefficient (Wildman–Crippen LogP) is 5.49. The maximum absolute atomic E-state index is 13.1. The Morgan fingerprint density at radius 3 is 2.62 bits per heavy atom. The second-order valence-corrected chi connectivity index (χ2v) is 9.82. The Hall–Kier alpha value is -3.41. The first-order valence-electron chi connectivity index (χ1n) is 10.8. The minimum atomic E-state index is -0.390. The van der Waals surface area contributed by atoms with Crippen LogP contribution in [-0.2, 0) is 11.3 Å². The first-order chi connectivity index (χ1) is 17.9. The molecule has 2 amide bonds. The van der Waals surface area contributed by atoms with Crippen LogP contribution >= 0.6 is 39.3 Å². The number of hydrogen-bond acceptors (Lipinski definition) is 6. The van der Waals surface area contributed by atoms with E-state index in [9.17, 15) is 14.0 Å². The van der Waals surface area contributed by atoms with Gasteiger partial charge in [-0.2, -0.15) is 0 Å². The zero-order chi connectivity index (χ0) is 26.4. The summed E-state index contributed by atoms with van der Waals surface area (Å²) in [6.45, 7) is 0.0368. The lowest BCUT2D eigenvalue weighted by Crippen LogP contribution is -2.25. The largest absolute Gasteiger partial charge is 0.495 e. The van der Waals surface area contributed by atoms with E-state index in [1.165, 1.54) is 24.3 Å². The standard InChI is InChI=1S/C25H20BrClFN5O3S/c1-36-21-5-3-2-4-20(21)33-22(13-29-24(35)18-12-15(26)6-11-19(18)27)31-32-25(33)37-14-23(34)30-17-9-7-16(28)8-10-17/h2-12H,13-14H2,1H3,(H,29,35)(H,30,34). The van der Waals surface area contributed by atoms with Gasteiger partial charge in [0.15, 0.2) is 11.0 Å². The lowest BCUT2D eigenvalue weighted by molar-refractivity contribution is -0.113. The highest BCUT2D eigenvalue weighted by Crippen LogP contribution is 2.29. The molecule has 4 rings (SSSR count). The highest BCUT2D eigenvalue weighted by molar-refractivity contribution is 9.10. The smallest absolute Gasteiger partial charge is 0.253 e. The van der Waals surface area contributed by atoms with Gasteiger partial charge in [0.25, 0.3) is 5.91 Å². The number of benzene rings is 3. The Labute approximate surface area is 229 Å². The number of hydrogen-bond donors (Lipinski definition) is 2. The van der Waals surface area contributed by atoms with Gasteiger partial charge in [-0.05, 0) is 54.6 Å². The van der Waals surface area contributed by atoms with Crippen LogP contribution in [0, 0.1) is 5.82 Å². The summed E-state index contributed by atoms with van der Waals surface area (Å²) in [7, 11) is 1.54. The number of halogens is 3. The summed E-state index contributed by atoms with van der Waals surface area (Å²) in [6, 6.07) is 17.8. The molecule has 12 heteroatoms. The van der Waals surface area contributed by atoms with Crippen LogP contribution in [0.25, 0.3) is 5.69 Å². The quantitative estimate of drug-likeness (QED) is 0.245. The number of anilines is 1. The summed E-state index contributed by atoms with van der Waals surface area (Å²) in [5.41, 5.74) is 1.43. The van der Waals surface area contributed by atoms with Gasteiger partial charge >= 0.3 is 0 Å². The van der Waals surface area contributed by atoms with Crippen molar-refractivity contribution in [1.82, 2.24) is 20.1 Å². The van der Waals surface area contributed by atoms with Crippen LogP contribution < -0.4 is 15.4 Å². The van der Waals surface area contributed by atoms with Gasteiger partial charge in [0.2, 0.25) is 5.91 Å². The van der Waals surface area contributed by atoms with Crippen molar-refractivity contribution in [2.45, 2.75) is 11.7 Å². The van der Waals surface area contributed by atoms with Crippen LogP contribution in [0.2, 0.25) is 5.02 Å². The van der Waals surface area contributed by atoms with Crippen molar-refractivity contribution in [3.05, 3.63) is 93.4 Å². The molecule has 0 aliphatic heterocycles. The van der Waals surface area contributed by atoms with E-state index < -0.39 is 0 Å². The summed E-state index contributed by atoms with van der Waals surface area (Å²) in [6.07, 6.45) is 0. The topological polar surface area (TPSA) is 98.1 Å². The summed E-state index contributed by atoms with van der Waals surface area (Å²) in [5.74, 6) is -0.0731. The molecular weight excluding hydrogens is 585 g/mol. The molecule has 0 atom stereocenters. The van der Waals surface area contributed by atoms with E-state index in [1.807, 2.05) is 18.2 Å². The van der Waals surface area contributed by atoms with Crippen LogP contribution in [0.1, 0.15) is 16.2 Å². The number of thioether (sulfide) groups is 1. The van der Waals surface area contributed by atoms with E-state index in [1.54, 1.807) is 35.9 Å². The Kier molecular flexibility index (Phi) is 8.80. The average molecular weight is 605 g/mol. The van der Waals surface area contributed by atoms with E-state index in [-0.39, 0.29) is 29.9 Å². The maximum atomic E-state index is 13.1. The van der Waals surface area contributed by atoms with Gasteiger partial charge in [-0.1, -0.05) is 51.4 Å². The van der Waals surface area contributed by atoms with E-state index in [2.05, 4.69) is 36.8 Å². The molecule has 0 saturated heterocycles. The highest BCUT2D eigenvalue weighted by atomic mass is 79.9. The third-order valence-corrected chi connectivity index (χ3v) is 6.82. The minimum absolute atomic E-state index is 0.0185. The van der Waals surface area contributed by atoms with Crippen LogP contribution in [0.5, 0.6) is 5.75 Å². The van der Waals surface area contributed by atoms with E-state index in [0.29, 0.717) is 38.7 Å². The lowest BCUT2D eigenvalue weighted by Gasteiger charge is -2.14. The molecule has 0 fully saturated rings. The van der Waals surface area contributed by atoms with Gasteiger partial charge in [-0.25, -0.2) is 4.39 Å². The lowest BCUT2D eigenvalue weighted by atomic mass is 10.2. The number of rotatable bonds is 9. The monoisotopic (exact) mass is 603 g/mol. The molecule has 1 heterocycles. The van der Waals surface area contributed by atoms with Gasteiger partial charge in [-0.3, -0.25) is 14.2 Å². The molecule has 0 unspecified atom stereocenters. The molecular formula is C25H20BrClFN5O3S. The molecule has 0 spiro atoms. The summed E-state index contributed by atoms with van der Waals surface area (Å²) in [5, 5.41) is 14.8. The van der Waals surface area contributed by atoms with Crippen molar-refractivity contribution < 1.29 is 18.7 Å². The second-order valence-electron chi connectivity index (χ2n) is 7.56. The van der Waals surface area contributed by atoms with E-state index in [4.69, 9.17) is 16.3 Å². The fourth-order valence-electron chi connectivity index (χ4n) is 3.35. The van der Waals surface area contributed by atoms with Crippen molar-refractivity contribution in [3.63, 3.8) is 0 Å².